The van der Waals surface area contributed by atoms with Gasteiger partial charge in [-0.3, -0.25) is 9.78 Å². The standard InChI is InChI=1S/C19H25N3O4S/c1-13-9-15-16(10-19(2,3)11-17(15)26-13)22-18(23)6-8-21-27(24,25)14-5-4-7-20-12-14/h4-5,7,9,12,16,21H,6,8,10-11H2,1-3H3,(H,22,23). The molecular formula is C19H25N3O4S. The number of carbonyl (C=O) groups is 1. The van der Waals surface area contributed by atoms with Gasteiger partial charge in [0.1, 0.15) is 16.4 Å². The van der Waals surface area contributed by atoms with Crippen LogP contribution >= 0.6 is 0 Å². The summed E-state index contributed by atoms with van der Waals surface area (Å²) in [5.74, 6) is 1.56. The summed E-state index contributed by atoms with van der Waals surface area (Å²) >= 11 is 0. The van der Waals surface area contributed by atoms with Gasteiger partial charge in [0, 0.05) is 37.3 Å². The molecule has 146 valence electrons. The molecule has 0 aliphatic heterocycles. The maximum Gasteiger partial charge on any atom is 0.242 e. The molecule has 0 radical (unpaired) electrons. The predicted octanol–water partition coefficient (Wildman–Crippen LogP) is 2.48. The van der Waals surface area contributed by atoms with Gasteiger partial charge in [-0.2, -0.15) is 0 Å². The highest BCUT2D eigenvalue weighted by Crippen LogP contribution is 2.41. The lowest BCUT2D eigenvalue weighted by molar-refractivity contribution is -0.122. The van der Waals surface area contributed by atoms with Crippen molar-refractivity contribution >= 4 is 15.9 Å². The Kier molecular flexibility index (Phi) is 5.39. The van der Waals surface area contributed by atoms with E-state index in [-0.39, 0.29) is 35.2 Å². The number of nitrogens with zero attached hydrogens (tertiary/aromatic N) is 1. The van der Waals surface area contributed by atoms with Crippen molar-refractivity contribution in [1.29, 1.82) is 0 Å². The molecule has 1 atom stereocenters. The van der Waals surface area contributed by atoms with Crippen LogP contribution in [0.15, 0.2) is 39.9 Å². The molecule has 3 rings (SSSR count). The number of furan rings is 1. The first kappa shape index (κ1) is 19.6. The predicted molar refractivity (Wildman–Crippen MR) is 100 cm³/mol. The van der Waals surface area contributed by atoms with Crippen LogP contribution in [0.3, 0.4) is 0 Å². The van der Waals surface area contributed by atoms with Crippen LogP contribution in [0, 0.1) is 12.3 Å². The van der Waals surface area contributed by atoms with E-state index in [0.29, 0.717) is 0 Å². The third-order valence-electron chi connectivity index (χ3n) is 4.66. The summed E-state index contributed by atoms with van der Waals surface area (Å²) in [5, 5.41) is 3.02. The van der Waals surface area contributed by atoms with Crippen LogP contribution in [0.1, 0.15) is 49.8 Å². The van der Waals surface area contributed by atoms with Gasteiger partial charge in [-0.15, -0.1) is 0 Å². The van der Waals surface area contributed by atoms with E-state index < -0.39 is 10.0 Å². The van der Waals surface area contributed by atoms with Gasteiger partial charge in [0.15, 0.2) is 0 Å². The summed E-state index contributed by atoms with van der Waals surface area (Å²) in [6, 6.07) is 4.86. The highest BCUT2D eigenvalue weighted by molar-refractivity contribution is 7.89. The minimum atomic E-state index is -3.66. The van der Waals surface area contributed by atoms with Gasteiger partial charge < -0.3 is 9.73 Å². The molecule has 2 aromatic heterocycles. The van der Waals surface area contributed by atoms with Crippen molar-refractivity contribution in [1.82, 2.24) is 15.0 Å². The highest BCUT2D eigenvalue weighted by Gasteiger charge is 2.35. The number of aryl methyl sites for hydroxylation is 1. The molecule has 0 bridgehead atoms. The SMILES string of the molecule is Cc1cc2c(o1)CC(C)(C)CC2NC(=O)CCNS(=O)(=O)c1cccnc1. The van der Waals surface area contributed by atoms with Crippen LogP contribution in [0.25, 0.3) is 0 Å². The molecule has 2 heterocycles. The average Bonchev–Trinajstić information content (AvgIpc) is 2.94. The van der Waals surface area contributed by atoms with E-state index >= 15 is 0 Å². The van der Waals surface area contributed by atoms with Gasteiger partial charge in [-0.05, 0) is 37.0 Å². The second-order valence-corrected chi connectivity index (χ2v) is 9.50. The summed E-state index contributed by atoms with van der Waals surface area (Å²) in [5.41, 5.74) is 1.05. The number of carbonyl (C=O) groups excluding carboxylic acids is 1. The van der Waals surface area contributed by atoms with Crippen LogP contribution in [0.4, 0.5) is 0 Å². The molecule has 2 N–H and O–H groups in total. The van der Waals surface area contributed by atoms with Gasteiger partial charge in [-0.1, -0.05) is 13.8 Å². The van der Waals surface area contributed by atoms with Crippen LogP contribution in [0.5, 0.6) is 0 Å². The number of sulfonamides is 1. The van der Waals surface area contributed by atoms with Gasteiger partial charge in [-0.25, -0.2) is 13.1 Å². The van der Waals surface area contributed by atoms with Gasteiger partial charge in [0.25, 0.3) is 0 Å². The van der Waals surface area contributed by atoms with E-state index in [1.165, 1.54) is 18.5 Å². The Hall–Kier alpha value is -2.19. The number of pyridine rings is 1. The minimum absolute atomic E-state index is 0.0243. The molecule has 1 aliphatic rings. The van der Waals surface area contributed by atoms with Gasteiger partial charge in [0.2, 0.25) is 15.9 Å². The molecule has 1 unspecified atom stereocenters. The second kappa shape index (κ2) is 7.44. The number of rotatable bonds is 6. The fourth-order valence-corrected chi connectivity index (χ4v) is 4.46. The van der Waals surface area contributed by atoms with Crippen molar-refractivity contribution < 1.29 is 17.6 Å². The quantitative estimate of drug-likeness (QED) is 0.788. The third-order valence-corrected chi connectivity index (χ3v) is 6.11. The Balaban J connectivity index is 1.58. The molecule has 7 nitrogen and oxygen atoms in total. The van der Waals surface area contributed by atoms with E-state index in [2.05, 4.69) is 28.9 Å². The molecule has 1 aliphatic carbocycles. The molecule has 0 spiro atoms. The summed E-state index contributed by atoms with van der Waals surface area (Å²) < 4.78 is 32.5. The molecular weight excluding hydrogens is 366 g/mol. The Morgan fingerprint density at radius 2 is 2.19 bits per heavy atom. The maximum absolute atomic E-state index is 12.4. The van der Waals surface area contributed by atoms with Crippen molar-refractivity contribution in [2.24, 2.45) is 5.41 Å². The smallest absolute Gasteiger partial charge is 0.242 e. The molecule has 1 amide bonds. The van der Waals surface area contributed by atoms with Crippen LogP contribution in [-0.2, 0) is 21.2 Å². The van der Waals surface area contributed by atoms with Crippen molar-refractivity contribution in [3.8, 4) is 0 Å². The van der Waals surface area contributed by atoms with Crippen molar-refractivity contribution in [3.63, 3.8) is 0 Å². The molecule has 8 heteroatoms. The molecule has 0 aromatic carbocycles. The zero-order valence-corrected chi connectivity index (χ0v) is 16.6. The van der Waals surface area contributed by atoms with Crippen LogP contribution in [0.2, 0.25) is 0 Å². The van der Waals surface area contributed by atoms with E-state index in [0.717, 1.165) is 29.9 Å². The fraction of sp³-hybridized carbons (Fsp3) is 0.474. The summed E-state index contributed by atoms with van der Waals surface area (Å²) in [6.07, 6.45) is 4.49. The molecule has 0 fully saturated rings. The Morgan fingerprint density at radius 1 is 1.41 bits per heavy atom. The van der Waals surface area contributed by atoms with Crippen LogP contribution in [-0.4, -0.2) is 25.9 Å². The lowest BCUT2D eigenvalue weighted by Crippen LogP contribution is -2.37. The number of aromatic nitrogens is 1. The van der Waals surface area contributed by atoms with Crippen molar-refractivity contribution in [2.75, 3.05) is 6.54 Å². The monoisotopic (exact) mass is 391 g/mol. The Labute approximate surface area is 159 Å². The second-order valence-electron chi connectivity index (χ2n) is 7.74. The Morgan fingerprint density at radius 3 is 2.89 bits per heavy atom. The first-order valence-corrected chi connectivity index (χ1v) is 10.4. The summed E-state index contributed by atoms with van der Waals surface area (Å²) in [4.78, 5) is 16.3. The number of hydrogen-bond donors (Lipinski definition) is 2. The van der Waals surface area contributed by atoms with E-state index in [9.17, 15) is 13.2 Å². The number of fused-ring (bicyclic) bond motifs is 1. The normalized spacial score (nSPS) is 18.7. The fourth-order valence-electron chi connectivity index (χ4n) is 3.47. The Bertz CT molecular complexity index is 920. The summed E-state index contributed by atoms with van der Waals surface area (Å²) in [6.45, 7) is 6.22. The lowest BCUT2D eigenvalue weighted by atomic mass is 9.74. The summed E-state index contributed by atoms with van der Waals surface area (Å²) in [7, 11) is -3.66. The van der Waals surface area contributed by atoms with Gasteiger partial charge in [0.05, 0.1) is 6.04 Å². The largest absolute Gasteiger partial charge is 0.466 e. The maximum atomic E-state index is 12.4. The van der Waals surface area contributed by atoms with Crippen molar-refractivity contribution in [3.05, 3.63) is 47.7 Å². The number of amides is 1. The number of hydrogen-bond acceptors (Lipinski definition) is 5. The highest BCUT2D eigenvalue weighted by atomic mass is 32.2. The third kappa shape index (κ3) is 4.75. The first-order valence-electron chi connectivity index (χ1n) is 8.95. The molecule has 2 aromatic rings. The first-order chi connectivity index (χ1) is 12.7. The minimum Gasteiger partial charge on any atom is -0.466 e. The lowest BCUT2D eigenvalue weighted by Gasteiger charge is -2.34. The zero-order valence-electron chi connectivity index (χ0n) is 15.8. The average molecular weight is 391 g/mol. The van der Waals surface area contributed by atoms with Gasteiger partial charge >= 0.3 is 0 Å². The number of nitrogens with one attached hydrogen (secondary N) is 2. The van der Waals surface area contributed by atoms with E-state index in [4.69, 9.17) is 4.42 Å². The van der Waals surface area contributed by atoms with Crippen molar-refractivity contribution in [2.45, 2.75) is 51.0 Å². The van der Waals surface area contributed by atoms with E-state index in [1.807, 2.05) is 13.0 Å². The molecule has 27 heavy (non-hydrogen) atoms. The topological polar surface area (TPSA) is 101 Å². The zero-order chi connectivity index (χ0) is 19.7. The molecule has 0 saturated carbocycles. The van der Waals surface area contributed by atoms with E-state index in [1.54, 1.807) is 6.07 Å². The molecule has 0 saturated heterocycles. The van der Waals surface area contributed by atoms with Crippen LogP contribution < -0.4 is 10.0 Å².